The third-order valence-electron chi connectivity index (χ3n) is 5.10. The van der Waals surface area contributed by atoms with Gasteiger partial charge in [-0.15, -0.1) is 5.10 Å². The van der Waals surface area contributed by atoms with E-state index < -0.39 is 0 Å². The van der Waals surface area contributed by atoms with Crippen molar-refractivity contribution in [3.05, 3.63) is 48.0 Å². The number of carbonyl (C=O) groups is 1. The van der Waals surface area contributed by atoms with Gasteiger partial charge in [0.2, 0.25) is 5.88 Å². The summed E-state index contributed by atoms with van der Waals surface area (Å²) in [7, 11) is 3.26. The molecule has 3 aromatic rings. The molecule has 0 atom stereocenters. The normalized spacial score (nSPS) is 14.4. The molecular formula is C20H24N6O2. The first-order chi connectivity index (χ1) is 13.7. The molecule has 1 saturated carbocycles. The molecule has 8 nitrogen and oxygen atoms in total. The molecule has 1 fully saturated rings. The van der Waals surface area contributed by atoms with Crippen LogP contribution in [-0.2, 0) is 13.6 Å². The second-order valence-electron chi connectivity index (χ2n) is 7.05. The first-order valence-electron chi connectivity index (χ1n) is 9.50. The molecule has 8 heteroatoms. The Balaban J connectivity index is 1.55. The lowest BCUT2D eigenvalue weighted by molar-refractivity contribution is 0.0947. The van der Waals surface area contributed by atoms with E-state index in [9.17, 15) is 4.79 Å². The quantitative estimate of drug-likeness (QED) is 0.710. The molecule has 3 aromatic heterocycles. The lowest BCUT2D eigenvalue weighted by atomic mass is 10.1. The van der Waals surface area contributed by atoms with Gasteiger partial charge in [-0.05, 0) is 31.0 Å². The van der Waals surface area contributed by atoms with Crippen molar-refractivity contribution in [1.29, 1.82) is 0 Å². The van der Waals surface area contributed by atoms with Gasteiger partial charge < -0.3 is 10.1 Å². The Labute approximate surface area is 163 Å². The van der Waals surface area contributed by atoms with E-state index in [0.29, 0.717) is 24.0 Å². The van der Waals surface area contributed by atoms with E-state index in [1.54, 1.807) is 30.3 Å². The molecule has 1 N–H and O–H groups in total. The molecule has 0 saturated heterocycles. The van der Waals surface area contributed by atoms with Crippen molar-refractivity contribution in [2.75, 3.05) is 7.11 Å². The van der Waals surface area contributed by atoms with Gasteiger partial charge in [0.25, 0.3) is 5.91 Å². The van der Waals surface area contributed by atoms with E-state index in [-0.39, 0.29) is 5.91 Å². The Morgan fingerprint density at radius 3 is 2.71 bits per heavy atom. The average Bonchev–Trinajstić information content (AvgIpc) is 3.45. The van der Waals surface area contributed by atoms with Crippen LogP contribution in [0.25, 0.3) is 11.3 Å². The number of methoxy groups -OCH3 is 1. The summed E-state index contributed by atoms with van der Waals surface area (Å²) in [6.45, 7) is 0.342. The summed E-state index contributed by atoms with van der Waals surface area (Å²) in [5, 5.41) is 11.9. The zero-order valence-corrected chi connectivity index (χ0v) is 16.1. The van der Waals surface area contributed by atoms with Gasteiger partial charge in [-0.1, -0.05) is 12.8 Å². The largest absolute Gasteiger partial charge is 0.479 e. The van der Waals surface area contributed by atoms with Crippen LogP contribution in [0.1, 0.15) is 47.8 Å². The van der Waals surface area contributed by atoms with Crippen LogP contribution in [-0.4, -0.2) is 37.6 Å². The minimum Gasteiger partial charge on any atom is -0.479 e. The van der Waals surface area contributed by atoms with Gasteiger partial charge in [-0.25, -0.2) is 0 Å². The Hall–Kier alpha value is -3.16. The molecule has 0 unspecified atom stereocenters. The lowest BCUT2D eigenvalue weighted by Crippen LogP contribution is -2.23. The number of ether oxygens (including phenoxy) is 1. The van der Waals surface area contributed by atoms with Gasteiger partial charge in [0.05, 0.1) is 31.1 Å². The fourth-order valence-corrected chi connectivity index (χ4v) is 3.74. The number of nitrogens with zero attached hydrogens (tertiary/aromatic N) is 5. The molecule has 4 rings (SSSR count). The fraction of sp³-hybridized carbons (Fsp3) is 0.400. The number of aromatic nitrogens is 5. The Morgan fingerprint density at radius 2 is 2.00 bits per heavy atom. The SMILES string of the molecule is COc1nn(C)cc1C(=O)NCc1cc(-c2ccncc2)n(C2CCCC2)n1. The molecular weight excluding hydrogens is 356 g/mol. The molecule has 1 aliphatic rings. The van der Waals surface area contributed by atoms with Gasteiger partial charge >= 0.3 is 0 Å². The van der Waals surface area contributed by atoms with Gasteiger partial charge in [0, 0.05) is 31.2 Å². The third-order valence-corrected chi connectivity index (χ3v) is 5.10. The van der Waals surface area contributed by atoms with Crippen LogP contribution < -0.4 is 10.1 Å². The van der Waals surface area contributed by atoms with Crippen molar-refractivity contribution in [1.82, 2.24) is 29.9 Å². The van der Waals surface area contributed by atoms with Crippen LogP contribution in [0.5, 0.6) is 5.88 Å². The Kier molecular flexibility index (Phi) is 5.10. The fourth-order valence-electron chi connectivity index (χ4n) is 3.74. The molecule has 1 aliphatic carbocycles. The maximum absolute atomic E-state index is 12.5. The van der Waals surface area contributed by atoms with Crippen LogP contribution in [0.3, 0.4) is 0 Å². The maximum Gasteiger partial charge on any atom is 0.258 e. The van der Waals surface area contributed by atoms with E-state index in [4.69, 9.17) is 9.84 Å². The molecule has 0 aromatic carbocycles. The van der Waals surface area contributed by atoms with E-state index in [1.807, 2.05) is 12.1 Å². The van der Waals surface area contributed by atoms with Gasteiger partial charge in [0.1, 0.15) is 5.56 Å². The smallest absolute Gasteiger partial charge is 0.258 e. The molecule has 0 radical (unpaired) electrons. The highest BCUT2D eigenvalue weighted by Crippen LogP contribution is 2.33. The van der Waals surface area contributed by atoms with E-state index in [0.717, 1.165) is 29.8 Å². The number of hydrogen-bond acceptors (Lipinski definition) is 5. The first kappa shape index (κ1) is 18.2. The number of nitrogens with one attached hydrogen (secondary N) is 1. The summed E-state index contributed by atoms with van der Waals surface area (Å²) < 4.78 is 8.85. The van der Waals surface area contributed by atoms with Gasteiger partial charge in [0.15, 0.2) is 0 Å². The van der Waals surface area contributed by atoms with Crippen molar-refractivity contribution in [3.63, 3.8) is 0 Å². The molecule has 3 heterocycles. The molecule has 1 amide bonds. The lowest BCUT2D eigenvalue weighted by Gasteiger charge is -2.14. The molecule has 146 valence electrons. The summed E-state index contributed by atoms with van der Waals surface area (Å²) in [6.07, 6.45) is 9.96. The predicted octanol–water partition coefficient (Wildman–Crippen LogP) is 2.73. The average molecular weight is 380 g/mol. The number of pyridine rings is 1. The van der Waals surface area contributed by atoms with Crippen molar-refractivity contribution in [2.24, 2.45) is 7.05 Å². The second kappa shape index (κ2) is 7.84. The maximum atomic E-state index is 12.5. The monoisotopic (exact) mass is 380 g/mol. The minimum absolute atomic E-state index is 0.231. The molecule has 28 heavy (non-hydrogen) atoms. The Bertz CT molecular complexity index is 956. The van der Waals surface area contributed by atoms with Crippen LogP contribution in [0.15, 0.2) is 36.8 Å². The number of rotatable bonds is 6. The van der Waals surface area contributed by atoms with E-state index >= 15 is 0 Å². The summed E-state index contributed by atoms with van der Waals surface area (Å²) in [4.78, 5) is 16.7. The number of amides is 1. The standard InChI is InChI=1S/C20H24N6O2/c1-25-13-17(20(24-25)28-2)19(27)22-12-15-11-18(14-7-9-21-10-8-14)26(23-15)16-5-3-4-6-16/h7-11,13,16H,3-6,12H2,1-2H3,(H,22,27). The van der Waals surface area contributed by atoms with Crippen molar-refractivity contribution < 1.29 is 9.53 Å². The highest BCUT2D eigenvalue weighted by atomic mass is 16.5. The van der Waals surface area contributed by atoms with Crippen molar-refractivity contribution >= 4 is 5.91 Å². The molecule has 0 aliphatic heterocycles. The van der Waals surface area contributed by atoms with E-state index in [1.165, 1.54) is 20.0 Å². The third kappa shape index (κ3) is 3.62. The topological polar surface area (TPSA) is 86.9 Å². The van der Waals surface area contributed by atoms with Gasteiger partial charge in [-0.2, -0.15) is 5.10 Å². The van der Waals surface area contributed by atoms with Crippen LogP contribution in [0.2, 0.25) is 0 Å². The Morgan fingerprint density at radius 1 is 1.25 bits per heavy atom. The van der Waals surface area contributed by atoms with Crippen LogP contribution in [0.4, 0.5) is 0 Å². The zero-order valence-electron chi connectivity index (χ0n) is 16.1. The predicted molar refractivity (Wildman–Crippen MR) is 104 cm³/mol. The van der Waals surface area contributed by atoms with Crippen molar-refractivity contribution in [3.8, 4) is 17.1 Å². The van der Waals surface area contributed by atoms with Crippen LogP contribution >= 0.6 is 0 Å². The second-order valence-corrected chi connectivity index (χ2v) is 7.05. The highest BCUT2D eigenvalue weighted by molar-refractivity contribution is 5.96. The number of aryl methyl sites for hydroxylation is 1. The summed E-state index contributed by atoms with van der Waals surface area (Å²) in [6, 6.07) is 6.44. The van der Waals surface area contributed by atoms with E-state index in [2.05, 4.69) is 26.1 Å². The first-order valence-corrected chi connectivity index (χ1v) is 9.50. The zero-order chi connectivity index (χ0) is 19.5. The summed E-state index contributed by atoms with van der Waals surface area (Å²) in [5.74, 6) is 0.0831. The van der Waals surface area contributed by atoms with Crippen LogP contribution in [0, 0.1) is 0 Å². The minimum atomic E-state index is -0.231. The van der Waals surface area contributed by atoms with Crippen molar-refractivity contribution in [2.45, 2.75) is 38.3 Å². The highest BCUT2D eigenvalue weighted by Gasteiger charge is 2.22. The molecule has 0 bridgehead atoms. The summed E-state index contributed by atoms with van der Waals surface area (Å²) in [5.41, 5.74) is 3.39. The summed E-state index contributed by atoms with van der Waals surface area (Å²) >= 11 is 0. The number of carbonyl (C=O) groups excluding carboxylic acids is 1. The molecule has 0 spiro atoms. The number of hydrogen-bond donors (Lipinski definition) is 1. The van der Waals surface area contributed by atoms with Gasteiger partial charge in [-0.3, -0.25) is 19.1 Å².